The minimum atomic E-state index is 0.322. The fraction of sp³-hybridized carbons (Fsp3) is 1.00. The monoisotopic (exact) mass is 242 g/mol. The van der Waals surface area contributed by atoms with Crippen LogP contribution in [0.4, 0.5) is 0 Å². The van der Waals surface area contributed by atoms with Gasteiger partial charge < -0.3 is 10.1 Å². The molecule has 0 bridgehead atoms. The quantitative estimate of drug-likeness (QED) is 0.773. The van der Waals surface area contributed by atoms with Crippen LogP contribution in [-0.4, -0.2) is 49.3 Å². The van der Waals surface area contributed by atoms with E-state index in [1.807, 2.05) is 0 Å². The molecule has 102 valence electrons. The van der Waals surface area contributed by atoms with Crippen LogP contribution in [0.1, 0.15) is 47.0 Å². The summed E-state index contributed by atoms with van der Waals surface area (Å²) in [5, 5.41) is 3.75. The Hall–Kier alpha value is -0.120. The van der Waals surface area contributed by atoms with Crippen LogP contribution in [0.15, 0.2) is 0 Å². The average Bonchev–Trinajstić information content (AvgIpc) is 2.52. The van der Waals surface area contributed by atoms with Crippen molar-refractivity contribution in [3.05, 3.63) is 0 Å². The van der Waals surface area contributed by atoms with Gasteiger partial charge in [0.15, 0.2) is 0 Å². The zero-order chi connectivity index (χ0) is 12.7. The zero-order valence-electron chi connectivity index (χ0n) is 12.1. The van der Waals surface area contributed by atoms with Crippen LogP contribution in [0, 0.1) is 0 Å². The molecule has 0 saturated carbocycles. The van der Waals surface area contributed by atoms with E-state index in [4.69, 9.17) is 4.74 Å². The molecule has 1 aliphatic rings. The van der Waals surface area contributed by atoms with Gasteiger partial charge in [-0.25, -0.2) is 0 Å². The van der Waals surface area contributed by atoms with Crippen LogP contribution in [0.2, 0.25) is 0 Å². The van der Waals surface area contributed by atoms with Gasteiger partial charge in [0.1, 0.15) is 0 Å². The Morgan fingerprint density at radius 2 is 2.00 bits per heavy atom. The lowest BCUT2D eigenvalue weighted by Gasteiger charge is -2.36. The Balaban J connectivity index is 2.53. The van der Waals surface area contributed by atoms with E-state index in [9.17, 15) is 0 Å². The number of nitrogens with zero attached hydrogens (tertiary/aromatic N) is 1. The Morgan fingerprint density at radius 3 is 2.59 bits per heavy atom. The molecule has 1 aliphatic heterocycles. The predicted molar refractivity (Wildman–Crippen MR) is 73.5 cm³/mol. The molecule has 3 heteroatoms. The van der Waals surface area contributed by atoms with Crippen molar-refractivity contribution in [3.63, 3.8) is 0 Å². The van der Waals surface area contributed by atoms with E-state index in [-0.39, 0.29) is 0 Å². The summed E-state index contributed by atoms with van der Waals surface area (Å²) in [6, 6.07) is 0. The van der Waals surface area contributed by atoms with Gasteiger partial charge in [0.05, 0.1) is 6.10 Å². The smallest absolute Gasteiger partial charge is 0.0673 e. The lowest BCUT2D eigenvalue weighted by molar-refractivity contribution is 0.0401. The average molecular weight is 242 g/mol. The molecule has 1 N–H and O–H groups in total. The summed E-state index contributed by atoms with van der Waals surface area (Å²) in [6.45, 7) is 14.3. The second-order valence-electron chi connectivity index (χ2n) is 5.27. The summed E-state index contributed by atoms with van der Waals surface area (Å²) >= 11 is 0. The number of hydrogen-bond acceptors (Lipinski definition) is 3. The third kappa shape index (κ3) is 4.57. The predicted octanol–water partition coefficient (Wildman–Crippen LogP) is 2.27. The van der Waals surface area contributed by atoms with E-state index in [1.165, 1.54) is 25.8 Å². The fourth-order valence-electron chi connectivity index (χ4n) is 2.80. The number of nitrogens with one attached hydrogen (secondary N) is 1. The standard InChI is InChI=1S/C14H30N2O/c1-5-14(6-2)12-16(10-8-9-15-14)11-13(4)17-7-3/h13,15H,5-12H2,1-4H3. The van der Waals surface area contributed by atoms with Gasteiger partial charge in [0.2, 0.25) is 0 Å². The largest absolute Gasteiger partial charge is 0.377 e. The molecule has 17 heavy (non-hydrogen) atoms. The number of ether oxygens (including phenoxy) is 1. The maximum atomic E-state index is 5.66. The molecule has 0 aromatic carbocycles. The molecule has 0 aromatic rings. The molecule has 1 unspecified atom stereocenters. The summed E-state index contributed by atoms with van der Waals surface area (Å²) in [7, 11) is 0. The summed E-state index contributed by atoms with van der Waals surface area (Å²) in [5.74, 6) is 0. The lowest BCUT2D eigenvalue weighted by Crippen LogP contribution is -2.51. The Kier molecular flexibility index (Phi) is 6.45. The highest BCUT2D eigenvalue weighted by Crippen LogP contribution is 2.20. The fourth-order valence-corrected chi connectivity index (χ4v) is 2.80. The summed E-state index contributed by atoms with van der Waals surface area (Å²) in [4.78, 5) is 2.58. The van der Waals surface area contributed by atoms with Crippen molar-refractivity contribution in [2.45, 2.75) is 58.6 Å². The topological polar surface area (TPSA) is 24.5 Å². The Bertz CT molecular complexity index is 204. The zero-order valence-corrected chi connectivity index (χ0v) is 12.1. The highest BCUT2D eigenvalue weighted by atomic mass is 16.5. The minimum Gasteiger partial charge on any atom is -0.377 e. The van der Waals surface area contributed by atoms with Crippen molar-refractivity contribution >= 4 is 0 Å². The van der Waals surface area contributed by atoms with E-state index in [0.29, 0.717) is 11.6 Å². The summed E-state index contributed by atoms with van der Waals surface area (Å²) < 4.78 is 5.66. The van der Waals surface area contributed by atoms with Crippen LogP contribution >= 0.6 is 0 Å². The van der Waals surface area contributed by atoms with Crippen LogP contribution in [0.3, 0.4) is 0 Å². The molecule has 1 heterocycles. The molecule has 0 radical (unpaired) electrons. The van der Waals surface area contributed by atoms with Gasteiger partial charge in [-0.1, -0.05) is 13.8 Å². The summed E-state index contributed by atoms with van der Waals surface area (Å²) in [5.41, 5.74) is 0.322. The van der Waals surface area contributed by atoms with E-state index in [1.54, 1.807) is 0 Å². The lowest BCUT2D eigenvalue weighted by atomic mass is 9.92. The molecule has 1 atom stereocenters. The number of hydrogen-bond donors (Lipinski definition) is 1. The van der Waals surface area contributed by atoms with Crippen LogP contribution < -0.4 is 5.32 Å². The molecule has 1 fully saturated rings. The van der Waals surface area contributed by atoms with Crippen molar-refractivity contribution in [1.29, 1.82) is 0 Å². The molecule has 1 saturated heterocycles. The third-order valence-electron chi connectivity index (χ3n) is 4.00. The summed E-state index contributed by atoms with van der Waals surface area (Å²) in [6.07, 6.45) is 4.02. The van der Waals surface area contributed by atoms with Crippen LogP contribution in [0.5, 0.6) is 0 Å². The van der Waals surface area contributed by atoms with Gasteiger partial charge in [-0.15, -0.1) is 0 Å². The second-order valence-corrected chi connectivity index (χ2v) is 5.27. The van der Waals surface area contributed by atoms with Gasteiger partial charge in [-0.3, -0.25) is 4.90 Å². The molecule has 0 aliphatic carbocycles. The molecule has 0 amide bonds. The molecule has 3 nitrogen and oxygen atoms in total. The molecule has 1 rings (SSSR count). The van der Waals surface area contributed by atoms with Gasteiger partial charge in [0.25, 0.3) is 0 Å². The number of rotatable bonds is 6. The van der Waals surface area contributed by atoms with Crippen molar-refractivity contribution in [2.24, 2.45) is 0 Å². The second kappa shape index (κ2) is 7.34. The van der Waals surface area contributed by atoms with E-state index >= 15 is 0 Å². The van der Waals surface area contributed by atoms with Gasteiger partial charge in [-0.05, 0) is 46.2 Å². The van der Waals surface area contributed by atoms with Crippen molar-refractivity contribution in [2.75, 3.05) is 32.8 Å². The van der Waals surface area contributed by atoms with Gasteiger partial charge >= 0.3 is 0 Å². The molecular weight excluding hydrogens is 212 g/mol. The maximum absolute atomic E-state index is 5.66. The minimum absolute atomic E-state index is 0.322. The SMILES string of the molecule is CCOC(C)CN1CCCNC(CC)(CC)C1. The molecule has 0 aromatic heterocycles. The van der Waals surface area contributed by atoms with E-state index in [2.05, 4.69) is 37.9 Å². The van der Waals surface area contributed by atoms with Crippen molar-refractivity contribution < 1.29 is 4.74 Å². The normalized spacial score (nSPS) is 23.3. The third-order valence-corrected chi connectivity index (χ3v) is 4.00. The van der Waals surface area contributed by atoms with E-state index < -0.39 is 0 Å². The van der Waals surface area contributed by atoms with Crippen LogP contribution in [-0.2, 0) is 4.74 Å². The van der Waals surface area contributed by atoms with Gasteiger partial charge in [-0.2, -0.15) is 0 Å². The highest BCUT2D eigenvalue weighted by Gasteiger charge is 2.30. The first-order chi connectivity index (χ1) is 8.15. The first kappa shape index (κ1) is 14.9. The van der Waals surface area contributed by atoms with Crippen molar-refractivity contribution in [1.82, 2.24) is 10.2 Å². The van der Waals surface area contributed by atoms with Crippen molar-refractivity contribution in [3.8, 4) is 0 Å². The van der Waals surface area contributed by atoms with Gasteiger partial charge in [0, 0.05) is 25.2 Å². The Morgan fingerprint density at radius 1 is 1.29 bits per heavy atom. The first-order valence-corrected chi connectivity index (χ1v) is 7.24. The Labute approximate surface area is 107 Å². The molecule has 0 spiro atoms. The maximum Gasteiger partial charge on any atom is 0.0673 e. The van der Waals surface area contributed by atoms with E-state index in [0.717, 1.165) is 26.2 Å². The first-order valence-electron chi connectivity index (χ1n) is 7.24. The van der Waals surface area contributed by atoms with Crippen LogP contribution in [0.25, 0.3) is 0 Å². The molecular formula is C14H30N2O. The highest BCUT2D eigenvalue weighted by molar-refractivity contribution is 4.91.